The van der Waals surface area contributed by atoms with Gasteiger partial charge in [-0.05, 0) is 74.4 Å². The minimum absolute atomic E-state index is 0.106. The van der Waals surface area contributed by atoms with Crippen LogP contribution in [-0.4, -0.2) is 22.1 Å². The van der Waals surface area contributed by atoms with Gasteiger partial charge in [-0.25, -0.2) is 4.98 Å². The third kappa shape index (κ3) is 4.39. The van der Waals surface area contributed by atoms with E-state index in [1.54, 1.807) is 10.6 Å². The third-order valence-corrected chi connectivity index (χ3v) is 5.28. The lowest BCUT2D eigenvalue weighted by Gasteiger charge is -2.14. The number of benzene rings is 3. The van der Waals surface area contributed by atoms with Crippen molar-refractivity contribution in [2.75, 3.05) is 11.9 Å². The summed E-state index contributed by atoms with van der Waals surface area (Å²) in [6.45, 7) is 6.26. The Bertz CT molecular complexity index is 1340. The molecule has 0 aliphatic rings. The van der Waals surface area contributed by atoms with Crippen LogP contribution in [0.15, 0.2) is 71.5 Å². The smallest absolute Gasteiger partial charge is 0.265 e. The van der Waals surface area contributed by atoms with Gasteiger partial charge in [0.2, 0.25) is 5.91 Å². The van der Waals surface area contributed by atoms with Gasteiger partial charge in [0.25, 0.3) is 5.56 Å². The summed E-state index contributed by atoms with van der Waals surface area (Å²) < 4.78 is 7.03. The van der Waals surface area contributed by atoms with E-state index in [9.17, 15) is 9.59 Å². The maximum atomic E-state index is 13.0. The number of nitrogens with zero attached hydrogens (tertiary/aromatic N) is 2. The maximum Gasteiger partial charge on any atom is 0.265 e. The van der Waals surface area contributed by atoms with E-state index in [0.717, 1.165) is 16.9 Å². The second-order valence-electron chi connectivity index (χ2n) is 7.62. The molecule has 1 aromatic heterocycles. The molecule has 1 amide bonds. The van der Waals surface area contributed by atoms with Crippen LogP contribution in [0.25, 0.3) is 16.6 Å². The fourth-order valence-corrected chi connectivity index (χ4v) is 3.72. The highest BCUT2D eigenvalue weighted by molar-refractivity contribution is 5.93. The Labute approximate surface area is 186 Å². The van der Waals surface area contributed by atoms with E-state index in [1.165, 1.54) is 0 Å². The number of amides is 1. The molecule has 0 aliphatic heterocycles. The zero-order valence-corrected chi connectivity index (χ0v) is 18.4. The first-order chi connectivity index (χ1) is 15.5. The Morgan fingerprint density at radius 2 is 1.78 bits per heavy atom. The number of hydrogen-bond acceptors (Lipinski definition) is 4. The molecule has 4 aromatic rings. The number of carbonyl (C=O) groups is 1. The first kappa shape index (κ1) is 21.3. The molecule has 1 heterocycles. The molecule has 0 aliphatic carbocycles. The molecular formula is C26H25N3O3. The van der Waals surface area contributed by atoms with Gasteiger partial charge in [-0.15, -0.1) is 0 Å². The average molecular weight is 428 g/mol. The van der Waals surface area contributed by atoms with Crippen LogP contribution in [0.4, 0.5) is 5.69 Å². The second-order valence-corrected chi connectivity index (χ2v) is 7.62. The number of carbonyl (C=O) groups excluding carboxylic acids is 1. The number of nitrogens with one attached hydrogen (secondary N) is 1. The lowest BCUT2D eigenvalue weighted by molar-refractivity contribution is -0.115. The molecule has 0 saturated carbocycles. The molecule has 6 heteroatoms. The van der Waals surface area contributed by atoms with Crippen molar-refractivity contribution in [2.45, 2.75) is 27.2 Å². The maximum absolute atomic E-state index is 13.0. The highest BCUT2D eigenvalue weighted by Crippen LogP contribution is 2.21. The van der Waals surface area contributed by atoms with Gasteiger partial charge in [-0.1, -0.05) is 24.3 Å². The Kier molecular flexibility index (Phi) is 6.03. The largest absolute Gasteiger partial charge is 0.494 e. The van der Waals surface area contributed by atoms with Crippen molar-refractivity contribution in [3.05, 3.63) is 94.0 Å². The van der Waals surface area contributed by atoms with Gasteiger partial charge < -0.3 is 10.1 Å². The summed E-state index contributed by atoms with van der Waals surface area (Å²) >= 11 is 0. The summed E-state index contributed by atoms with van der Waals surface area (Å²) in [5.74, 6) is 1.29. The lowest BCUT2D eigenvalue weighted by atomic mass is 10.1. The van der Waals surface area contributed by atoms with Gasteiger partial charge in [-0.3, -0.25) is 14.2 Å². The van der Waals surface area contributed by atoms with Crippen LogP contribution in [-0.2, 0) is 11.2 Å². The van der Waals surface area contributed by atoms with Crippen molar-refractivity contribution < 1.29 is 9.53 Å². The minimum atomic E-state index is -0.111. The number of ether oxygens (including phenoxy) is 1. The number of hydrogen-bond donors (Lipinski definition) is 1. The van der Waals surface area contributed by atoms with Crippen molar-refractivity contribution in [1.82, 2.24) is 9.55 Å². The van der Waals surface area contributed by atoms with Crippen molar-refractivity contribution in [2.24, 2.45) is 0 Å². The van der Waals surface area contributed by atoms with Crippen LogP contribution in [0.2, 0.25) is 0 Å². The summed E-state index contributed by atoms with van der Waals surface area (Å²) in [5, 5.41) is 3.54. The molecule has 0 spiro atoms. The number of rotatable bonds is 6. The monoisotopic (exact) mass is 427 g/mol. The number of para-hydroxylation sites is 1. The van der Waals surface area contributed by atoms with Crippen LogP contribution in [0.3, 0.4) is 0 Å². The Morgan fingerprint density at radius 3 is 2.50 bits per heavy atom. The van der Waals surface area contributed by atoms with Crippen LogP contribution in [0.5, 0.6) is 5.75 Å². The third-order valence-electron chi connectivity index (χ3n) is 5.28. The molecular weight excluding hydrogens is 402 g/mol. The fraction of sp³-hybridized carbons (Fsp3) is 0.192. The predicted octanol–water partition coefficient (Wildman–Crippen LogP) is 4.58. The van der Waals surface area contributed by atoms with E-state index in [-0.39, 0.29) is 17.9 Å². The first-order valence-corrected chi connectivity index (χ1v) is 10.6. The minimum Gasteiger partial charge on any atom is -0.494 e. The highest BCUT2D eigenvalue weighted by Gasteiger charge is 2.12. The summed E-state index contributed by atoms with van der Waals surface area (Å²) in [4.78, 5) is 30.1. The van der Waals surface area contributed by atoms with Gasteiger partial charge >= 0.3 is 0 Å². The van der Waals surface area contributed by atoms with Gasteiger partial charge in [0.1, 0.15) is 11.6 Å². The van der Waals surface area contributed by atoms with E-state index in [0.29, 0.717) is 34.7 Å². The number of aromatic nitrogens is 2. The second kappa shape index (κ2) is 9.06. The quantitative estimate of drug-likeness (QED) is 0.489. The molecule has 1 N–H and O–H groups in total. The van der Waals surface area contributed by atoms with E-state index >= 15 is 0 Å². The van der Waals surface area contributed by atoms with E-state index < -0.39 is 0 Å². The molecule has 4 rings (SSSR count). The van der Waals surface area contributed by atoms with Crippen molar-refractivity contribution in [1.29, 1.82) is 0 Å². The molecule has 0 unspecified atom stereocenters. The van der Waals surface area contributed by atoms with E-state index in [1.807, 2.05) is 81.4 Å². The normalized spacial score (nSPS) is 10.8. The van der Waals surface area contributed by atoms with Crippen LogP contribution >= 0.6 is 0 Å². The van der Waals surface area contributed by atoms with E-state index in [4.69, 9.17) is 4.74 Å². The molecule has 162 valence electrons. The van der Waals surface area contributed by atoms with Gasteiger partial charge in [0.05, 0.1) is 29.6 Å². The van der Waals surface area contributed by atoms with Crippen molar-refractivity contribution in [3.8, 4) is 11.4 Å². The van der Waals surface area contributed by atoms with Crippen molar-refractivity contribution >= 4 is 22.5 Å². The Balaban J connectivity index is 1.54. The molecule has 3 aromatic carbocycles. The summed E-state index contributed by atoms with van der Waals surface area (Å²) in [5.41, 5.74) is 3.77. The number of fused-ring (bicyclic) bond motifs is 1. The molecule has 0 saturated heterocycles. The average Bonchev–Trinajstić information content (AvgIpc) is 2.77. The number of anilines is 1. The summed E-state index contributed by atoms with van der Waals surface area (Å²) in [7, 11) is 0. The fourth-order valence-electron chi connectivity index (χ4n) is 3.72. The van der Waals surface area contributed by atoms with E-state index in [2.05, 4.69) is 10.3 Å². The Hall–Kier alpha value is -3.93. The molecule has 6 nitrogen and oxygen atoms in total. The standard InChI is InChI=1S/C26H25N3O3/c1-4-32-21-12-9-19(10-13-21)16-25(30)28-23-14-11-20(15-17(23)2)29-18(3)27-24-8-6-5-7-22(24)26(29)31/h5-15H,4,16H2,1-3H3,(H,28,30). The predicted molar refractivity (Wildman–Crippen MR) is 127 cm³/mol. The SMILES string of the molecule is CCOc1ccc(CC(=O)Nc2ccc(-n3c(C)nc4ccccc4c3=O)cc2C)cc1. The molecule has 0 fully saturated rings. The summed E-state index contributed by atoms with van der Waals surface area (Å²) in [6, 6.07) is 20.4. The molecule has 32 heavy (non-hydrogen) atoms. The van der Waals surface area contributed by atoms with Crippen molar-refractivity contribution in [3.63, 3.8) is 0 Å². The summed E-state index contributed by atoms with van der Waals surface area (Å²) in [6.07, 6.45) is 0.265. The number of aryl methyl sites for hydroxylation is 2. The first-order valence-electron chi connectivity index (χ1n) is 10.6. The van der Waals surface area contributed by atoms with Crippen LogP contribution in [0, 0.1) is 13.8 Å². The molecule has 0 radical (unpaired) electrons. The van der Waals surface area contributed by atoms with Gasteiger partial charge in [0, 0.05) is 5.69 Å². The van der Waals surface area contributed by atoms with Gasteiger partial charge in [0.15, 0.2) is 0 Å². The Morgan fingerprint density at radius 1 is 1.03 bits per heavy atom. The zero-order chi connectivity index (χ0) is 22.7. The zero-order valence-electron chi connectivity index (χ0n) is 18.4. The van der Waals surface area contributed by atoms with Crippen LogP contribution < -0.4 is 15.6 Å². The topological polar surface area (TPSA) is 73.2 Å². The molecule has 0 bridgehead atoms. The van der Waals surface area contributed by atoms with Crippen LogP contribution in [0.1, 0.15) is 23.9 Å². The molecule has 0 atom stereocenters. The lowest BCUT2D eigenvalue weighted by Crippen LogP contribution is -2.22. The highest BCUT2D eigenvalue weighted by atomic mass is 16.5. The van der Waals surface area contributed by atoms with Gasteiger partial charge in [-0.2, -0.15) is 0 Å².